The monoisotopic (exact) mass is 385 g/mol. The van der Waals surface area contributed by atoms with E-state index in [1.807, 2.05) is 59.2 Å². The third-order valence-corrected chi connectivity index (χ3v) is 5.30. The van der Waals surface area contributed by atoms with Crippen molar-refractivity contribution in [3.8, 4) is 22.8 Å². The van der Waals surface area contributed by atoms with E-state index in [2.05, 4.69) is 40.1 Å². The Kier molecular flexibility index (Phi) is 4.62. The van der Waals surface area contributed by atoms with E-state index in [9.17, 15) is 0 Å². The zero-order valence-corrected chi connectivity index (χ0v) is 16.4. The van der Waals surface area contributed by atoms with Gasteiger partial charge < -0.3 is 14.5 Å². The molecule has 2 aromatic heterocycles. The predicted octanol–water partition coefficient (Wildman–Crippen LogP) is 3.94. The minimum atomic E-state index is 0.810. The molecule has 0 radical (unpaired) electrons. The molecule has 0 atom stereocenters. The summed E-state index contributed by atoms with van der Waals surface area (Å²) in [7, 11) is 2.16. The van der Waals surface area contributed by atoms with Crippen LogP contribution in [0.25, 0.3) is 16.9 Å². The summed E-state index contributed by atoms with van der Waals surface area (Å²) in [4.78, 5) is 9.55. The molecule has 1 saturated heterocycles. The lowest BCUT2D eigenvalue weighted by Crippen LogP contribution is -2.45. The summed E-state index contributed by atoms with van der Waals surface area (Å²) in [5.41, 5.74) is 2.86. The van der Waals surface area contributed by atoms with Crippen LogP contribution in [0.3, 0.4) is 0 Å². The summed E-state index contributed by atoms with van der Waals surface area (Å²) >= 11 is 0. The van der Waals surface area contributed by atoms with E-state index < -0.39 is 0 Å². The van der Waals surface area contributed by atoms with Crippen LogP contribution in [0, 0.1) is 0 Å². The Morgan fingerprint density at radius 2 is 1.55 bits per heavy atom. The molecule has 0 amide bonds. The molecular weight excluding hydrogens is 362 g/mol. The minimum Gasteiger partial charge on any atom is -0.457 e. The first-order valence-corrected chi connectivity index (χ1v) is 9.88. The van der Waals surface area contributed by atoms with Crippen LogP contribution in [0.5, 0.6) is 11.5 Å². The Hall–Kier alpha value is -3.38. The van der Waals surface area contributed by atoms with Gasteiger partial charge in [-0.3, -0.25) is 0 Å². The Labute approximate surface area is 170 Å². The van der Waals surface area contributed by atoms with Gasteiger partial charge in [-0.15, -0.1) is 0 Å². The Balaban J connectivity index is 1.45. The number of hydrogen-bond acceptors (Lipinski definition) is 5. The maximum Gasteiger partial charge on any atom is 0.157 e. The first-order chi connectivity index (χ1) is 14.3. The lowest BCUT2D eigenvalue weighted by molar-refractivity contribution is 0.311. The summed E-state index contributed by atoms with van der Waals surface area (Å²) in [6.07, 6.45) is 1.81. The van der Waals surface area contributed by atoms with Crippen molar-refractivity contribution < 1.29 is 4.74 Å². The number of benzene rings is 2. The van der Waals surface area contributed by atoms with Gasteiger partial charge in [0.15, 0.2) is 5.65 Å². The normalized spacial score (nSPS) is 15.0. The lowest BCUT2D eigenvalue weighted by atomic mass is 10.1. The highest BCUT2D eigenvalue weighted by molar-refractivity contribution is 5.67. The minimum absolute atomic E-state index is 0.810. The molecule has 3 heterocycles. The third kappa shape index (κ3) is 3.67. The SMILES string of the molecule is CN1CCN(c2cc(-c3ccc(Oc4ccccc4)cc3)nc3ccnn23)CC1. The van der Waals surface area contributed by atoms with Gasteiger partial charge in [0.1, 0.15) is 17.3 Å². The van der Waals surface area contributed by atoms with Crippen LogP contribution < -0.4 is 9.64 Å². The van der Waals surface area contributed by atoms with Gasteiger partial charge in [-0.05, 0) is 43.4 Å². The number of ether oxygens (including phenoxy) is 1. The maximum absolute atomic E-state index is 5.91. The Morgan fingerprint density at radius 3 is 2.31 bits per heavy atom. The topological polar surface area (TPSA) is 45.9 Å². The van der Waals surface area contributed by atoms with Gasteiger partial charge in [0, 0.05) is 43.9 Å². The Bertz CT molecular complexity index is 1100. The fourth-order valence-electron chi connectivity index (χ4n) is 3.62. The van der Waals surface area contributed by atoms with E-state index in [1.54, 1.807) is 0 Å². The first kappa shape index (κ1) is 17.7. The summed E-state index contributed by atoms with van der Waals surface area (Å²) < 4.78 is 7.84. The van der Waals surface area contributed by atoms with Crippen LogP contribution in [0.15, 0.2) is 72.9 Å². The van der Waals surface area contributed by atoms with Crippen molar-refractivity contribution in [1.29, 1.82) is 0 Å². The number of hydrogen-bond donors (Lipinski definition) is 0. The summed E-state index contributed by atoms with van der Waals surface area (Å²) in [6, 6.07) is 22.0. The zero-order chi connectivity index (χ0) is 19.6. The van der Waals surface area contributed by atoms with Gasteiger partial charge in [0.05, 0.1) is 11.9 Å². The van der Waals surface area contributed by atoms with E-state index in [0.29, 0.717) is 0 Å². The molecule has 1 fully saturated rings. The van der Waals surface area contributed by atoms with Crippen molar-refractivity contribution >= 4 is 11.5 Å². The molecular formula is C23H23N5O. The molecule has 6 nitrogen and oxygen atoms in total. The number of rotatable bonds is 4. The molecule has 2 aromatic carbocycles. The molecule has 0 N–H and O–H groups in total. The molecule has 1 aliphatic rings. The number of para-hydroxylation sites is 1. The van der Waals surface area contributed by atoms with E-state index in [0.717, 1.165) is 60.4 Å². The second-order valence-electron chi connectivity index (χ2n) is 7.33. The maximum atomic E-state index is 5.91. The standard InChI is InChI=1S/C23H23N5O/c1-26-13-15-27(16-14-26)23-17-21(25-22-11-12-24-28(22)23)18-7-9-20(10-8-18)29-19-5-3-2-4-6-19/h2-12,17H,13-16H2,1H3. The number of nitrogens with zero attached hydrogens (tertiary/aromatic N) is 5. The largest absolute Gasteiger partial charge is 0.457 e. The zero-order valence-electron chi connectivity index (χ0n) is 16.4. The summed E-state index contributed by atoms with van der Waals surface area (Å²) in [5.74, 6) is 2.73. The number of aromatic nitrogens is 3. The van der Waals surface area contributed by atoms with E-state index in [-0.39, 0.29) is 0 Å². The number of piperazine rings is 1. The smallest absolute Gasteiger partial charge is 0.157 e. The van der Waals surface area contributed by atoms with Crippen molar-refractivity contribution in [3.63, 3.8) is 0 Å². The van der Waals surface area contributed by atoms with Gasteiger partial charge in [0.25, 0.3) is 0 Å². The quantitative estimate of drug-likeness (QED) is 0.532. The van der Waals surface area contributed by atoms with E-state index in [1.165, 1.54) is 0 Å². The van der Waals surface area contributed by atoms with Gasteiger partial charge in [-0.1, -0.05) is 18.2 Å². The third-order valence-electron chi connectivity index (χ3n) is 5.30. The summed E-state index contributed by atoms with van der Waals surface area (Å²) in [6.45, 7) is 4.06. The molecule has 1 aliphatic heterocycles. The van der Waals surface area contributed by atoms with Gasteiger partial charge >= 0.3 is 0 Å². The van der Waals surface area contributed by atoms with Crippen LogP contribution in [0.1, 0.15) is 0 Å². The van der Waals surface area contributed by atoms with Crippen molar-refractivity contribution in [3.05, 3.63) is 72.9 Å². The van der Waals surface area contributed by atoms with Crippen molar-refractivity contribution in [2.45, 2.75) is 0 Å². The molecule has 0 unspecified atom stereocenters. The number of anilines is 1. The molecule has 0 aliphatic carbocycles. The average Bonchev–Trinajstić information content (AvgIpc) is 3.24. The second kappa shape index (κ2) is 7.56. The number of fused-ring (bicyclic) bond motifs is 1. The highest BCUT2D eigenvalue weighted by Crippen LogP contribution is 2.28. The van der Waals surface area contributed by atoms with Crippen LogP contribution in [0.4, 0.5) is 5.82 Å². The van der Waals surface area contributed by atoms with E-state index in [4.69, 9.17) is 9.72 Å². The first-order valence-electron chi connectivity index (χ1n) is 9.88. The molecule has 6 heteroatoms. The van der Waals surface area contributed by atoms with Gasteiger partial charge in [-0.2, -0.15) is 9.61 Å². The molecule has 0 spiro atoms. The number of likely N-dealkylation sites (N-methyl/N-ethyl adjacent to an activating group) is 1. The van der Waals surface area contributed by atoms with Crippen LogP contribution in [-0.4, -0.2) is 52.7 Å². The molecule has 146 valence electrons. The van der Waals surface area contributed by atoms with Gasteiger partial charge in [-0.25, -0.2) is 4.98 Å². The van der Waals surface area contributed by atoms with Crippen LogP contribution >= 0.6 is 0 Å². The molecule has 29 heavy (non-hydrogen) atoms. The van der Waals surface area contributed by atoms with E-state index >= 15 is 0 Å². The van der Waals surface area contributed by atoms with Crippen molar-refractivity contribution in [1.82, 2.24) is 19.5 Å². The van der Waals surface area contributed by atoms with Crippen molar-refractivity contribution in [2.24, 2.45) is 0 Å². The molecule has 5 rings (SSSR count). The Morgan fingerprint density at radius 1 is 0.828 bits per heavy atom. The highest BCUT2D eigenvalue weighted by Gasteiger charge is 2.18. The summed E-state index contributed by atoms with van der Waals surface area (Å²) in [5, 5.41) is 4.49. The molecule has 4 aromatic rings. The fourth-order valence-corrected chi connectivity index (χ4v) is 3.62. The predicted molar refractivity (Wildman–Crippen MR) is 115 cm³/mol. The molecule has 0 bridgehead atoms. The van der Waals surface area contributed by atoms with Crippen molar-refractivity contribution in [2.75, 3.05) is 38.1 Å². The average molecular weight is 385 g/mol. The van der Waals surface area contributed by atoms with Crippen LogP contribution in [-0.2, 0) is 0 Å². The second-order valence-corrected chi connectivity index (χ2v) is 7.33. The van der Waals surface area contributed by atoms with Crippen LogP contribution in [0.2, 0.25) is 0 Å². The lowest BCUT2D eigenvalue weighted by Gasteiger charge is -2.34. The molecule has 0 saturated carbocycles. The highest BCUT2D eigenvalue weighted by atomic mass is 16.5. The fraction of sp³-hybridized carbons (Fsp3) is 0.217. The van der Waals surface area contributed by atoms with Gasteiger partial charge in [0.2, 0.25) is 0 Å².